The summed E-state index contributed by atoms with van der Waals surface area (Å²) in [6.45, 7) is 4.53. The van der Waals surface area contributed by atoms with Crippen molar-refractivity contribution < 1.29 is 19.5 Å². The van der Waals surface area contributed by atoms with Crippen LogP contribution in [0.15, 0.2) is 0 Å². The van der Waals surface area contributed by atoms with E-state index in [1.165, 1.54) is 44.9 Å². The van der Waals surface area contributed by atoms with E-state index < -0.39 is 0 Å². The standard InChI is InChI=1S/C9H20.Zn/c1-3-5-7-9-8-6-4-2;/h3-9H2,1-2H3;. The summed E-state index contributed by atoms with van der Waals surface area (Å²) in [6.07, 6.45) is 9.97. The summed E-state index contributed by atoms with van der Waals surface area (Å²) in [5.74, 6) is 0. The Kier molecular flexibility index (Phi) is 16.3. The normalized spacial score (nSPS) is 9.00. The molecule has 58 valence electrons. The first-order valence-corrected chi connectivity index (χ1v) is 4.41. The molecule has 0 aliphatic carbocycles. The maximum Gasteiger partial charge on any atom is 0 e. The van der Waals surface area contributed by atoms with E-state index in [-0.39, 0.29) is 19.5 Å². The molecular weight excluding hydrogens is 173 g/mol. The Bertz CT molecular complexity index is 38.0. The Balaban J connectivity index is 0. The van der Waals surface area contributed by atoms with Gasteiger partial charge in [-0.2, -0.15) is 0 Å². The fourth-order valence-electron chi connectivity index (χ4n) is 1.03. The Morgan fingerprint density at radius 3 is 1.20 bits per heavy atom. The third-order valence-corrected chi connectivity index (χ3v) is 1.71. The smallest absolute Gasteiger partial charge is 0 e. The Labute approximate surface area is 78.5 Å². The number of hydrogen-bond acceptors (Lipinski definition) is 0. The molecule has 0 rings (SSSR count). The first kappa shape index (κ1) is 13.2. The maximum absolute atomic E-state index is 2.26. The van der Waals surface area contributed by atoms with Gasteiger partial charge in [0.1, 0.15) is 0 Å². The molecule has 0 nitrogen and oxygen atoms in total. The second-order valence-electron chi connectivity index (χ2n) is 2.77. The quantitative estimate of drug-likeness (QED) is 0.445. The van der Waals surface area contributed by atoms with E-state index in [1.54, 1.807) is 0 Å². The number of hydrogen-bond donors (Lipinski definition) is 0. The molecule has 0 aromatic heterocycles. The number of rotatable bonds is 6. The second-order valence-corrected chi connectivity index (χ2v) is 2.77. The SMILES string of the molecule is CCCCCCCCC.[Zn]. The van der Waals surface area contributed by atoms with Crippen molar-refractivity contribution in [2.75, 3.05) is 0 Å². The van der Waals surface area contributed by atoms with Gasteiger partial charge in [0.25, 0.3) is 0 Å². The second kappa shape index (κ2) is 12.3. The van der Waals surface area contributed by atoms with E-state index in [9.17, 15) is 0 Å². The number of unbranched alkanes of at least 4 members (excludes halogenated alkanes) is 6. The Morgan fingerprint density at radius 2 is 0.900 bits per heavy atom. The molecule has 0 N–H and O–H groups in total. The summed E-state index contributed by atoms with van der Waals surface area (Å²) < 4.78 is 0. The third-order valence-electron chi connectivity index (χ3n) is 1.71. The van der Waals surface area contributed by atoms with Gasteiger partial charge in [0, 0.05) is 19.5 Å². The van der Waals surface area contributed by atoms with Gasteiger partial charge in [0.2, 0.25) is 0 Å². The molecule has 0 aliphatic rings. The zero-order valence-corrected chi connectivity index (χ0v) is 10.6. The van der Waals surface area contributed by atoms with Crippen LogP contribution in [0.1, 0.15) is 58.8 Å². The van der Waals surface area contributed by atoms with Gasteiger partial charge in [-0.3, -0.25) is 0 Å². The van der Waals surface area contributed by atoms with Crippen molar-refractivity contribution in [3.8, 4) is 0 Å². The molecule has 0 atom stereocenters. The van der Waals surface area contributed by atoms with E-state index in [4.69, 9.17) is 0 Å². The molecule has 0 fully saturated rings. The fraction of sp³-hybridized carbons (Fsp3) is 1.00. The maximum atomic E-state index is 2.26. The molecule has 0 radical (unpaired) electrons. The summed E-state index contributed by atoms with van der Waals surface area (Å²) in [4.78, 5) is 0. The van der Waals surface area contributed by atoms with Gasteiger partial charge in [-0.25, -0.2) is 0 Å². The molecular formula is C9H20Zn. The zero-order chi connectivity index (χ0) is 6.95. The van der Waals surface area contributed by atoms with Crippen molar-refractivity contribution in [1.82, 2.24) is 0 Å². The minimum atomic E-state index is 0. The zero-order valence-electron chi connectivity index (χ0n) is 7.66. The summed E-state index contributed by atoms with van der Waals surface area (Å²) in [5.41, 5.74) is 0. The Hall–Kier alpha value is 0.623. The molecule has 0 aliphatic heterocycles. The molecule has 1 heteroatoms. The van der Waals surface area contributed by atoms with Crippen LogP contribution >= 0.6 is 0 Å². The van der Waals surface area contributed by atoms with Crippen molar-refractivity contribution in [2.45, 2.75) is 58.8 Å². The summed E-state index contributed by atoms with van der Waals surface area (Å²) in [6, 6.07) is 0. The van der Waals surface area contributed by atoms with Gasteiger partial charge in [0.15, 0.2) is 0 Å². The average Bonchev–Trinajstić information content (AvgIpc) is 1.89. The van der Waals surface area contributed by atoms with Crippen LogP contribution in [-0.2, 0) is 19.5 Å². The first-order chi connectivity index (χ1) is 4.41. The predicted molar refractivity (Wildman–Crippen MR) is 43.7 cm³/mol. The summed E-state index contributed by atoms with van der Waals surface area (Å²) in [7, 11) is 0. The van der Waals surface area contributed by atoms with E-state index in [1.807, 2.05) is 0 Å². The van der Waals surface area contributed by atoms with Gasteiger partial charge < -0.3 is 0 Å². The van der Waals surface area contributed by atoms with Gasteiger partial charge >= 0.3 is 0 Å². The fourth-order valence-corrected chi connectivity index (χ4v) is 1.03. The van der Waals surface area contributed by atoms with E-state index >= 15 is 0 Å². The van der Waals surface area contributed by atoms with Crippen molar-refractivity contribution in [3.63, 3.8) is 0 Å². The van der Waals surface area contributed by atoms with E-state index in [0.29, 0.717) is 0 Å². The topological polar surface area (TPSA) is 0 Å². The van der Waals surface area contributed by atoms with Crippen LogP contribution in [0.5, 0.6) is 0 Å². The van der Waals surface area contributed by atoms with Crippen molar-refractivity contribution in [1.29, 1.82) is 0 Å². The predicted octanol–water partition coefficient (Wildman–Crippen LogP) is 3.75. The van der Waals surface area contributed by atoms with Crippen LogP contribution in [0.25, 0.3) is 0 Å². The average molecular weight is 194 g/mol. The molecule has 0 heterocycles. The van der Waals surface area contributed by atoms with Gasteiger partial charge in [-0.05, 0) is 0 Å². The molecule has 0 amide bonds. The molecule has 0 bridgehead atoms. The van der Waals surface area contributed by atoms with E-state index in [2.05, 4.69) is 13.8 Å². The van der Waals surface area contributed by atoms with Crippen LogP contribution in [0.3, 0.4) is 0 Å². The van der Waals surface area contributed by atoms with Crippen LogP contribution in [0.2, 0.25) is 0 Å². The molecule has 0 unspecified atom stereocenters. The van der Waals surface area contributed by atoms with Crippen molar-refractivity contribution >= 4 is 0 Å². The van der Waals surface area contributed by atoms with Crippen LogP contribution < -0.4 is 0 Å². The molecule has 0 aromatic carbocycles. The Morgan fingerprint density at radius 1 is 0.600 bits per heavy atom. The summed E-state index contributed by atoms with van der Waals surface area (Å²) >= 11 is 0. The minimum Gasteiger partial charge on any atom is -0.0654 e. The van der Waals surface area contributed by atoms with Crippen molar-refractivity contribution in [3.05, 3.63) is 0 Å². The summed E-state index contributed by atoms with van der Waals surface area (Å²) in [5, 5.41) is 0. The largest absolute Gasteiger partial charge is 0.0654 e. The van der Waals surface area contributed by atoms with Crippen molar-refractivity contribution in [2.24, 2.45) is 0 Å². The molecule has 0 saturated heterocycles. The van der Waals surface area contributed by atoms with E-state index in [0.717, 1.165) is 0 Å². The van der Waals surface area contributed by atoms with Gasteiger partial charge in [0.05, 0.1) is 0 Å². The molecule has 0 saturated carbocycles. The minimum absolute atomic E-state index is 0. The van der Waals surface area contributed by atoms with Crippen LogP contribution in [0.4, 0.5) is 0 Å². The third kappa shape index (κ3) is 11.4. The van der Waals surface area contributed by atoms with Gasteiger partial charge in [-0.15, -0.1) is 0 Å². The molecule has 10 heavy (non-hydrogen) atoms. The first-order valence-electron chi connectivity index (χ1n) is 4.41. The monoisotopic (exact) mass is 192 g/mol. The molecule has 0 spiro atoms. The van der Waals surface area contributed by atoms with Gasteiger partial charge in [-0.1, -0.05) is 58.8 Å². The molecule has 0 aromatic rings. The van der Waals surface area contributed by atoms with Crippen LogP contribution in [-0.4, -0.2) is 0 Å². The van der Waals surface area contributed by atoms with Crippen LogP contribution in [0, 0.1) is 0 Å².